The molecule has 7 rings (SSSR count). The van der Waals surface area contributed by atoms with Crippen LogP contribution in [0, 0.1) is 32.1 Å². The van der Waals surface area contributed by atoms with Gasteiger partial charge in [-0.25, -0.2) is 14.2 Å². The van der Waals surface area contributed by atoms with Crippen molar-refractivity contribution in [3.05, 3.63) is 103 Å². The first-order chi connectivity index (χ1) is 27.3. The zero-order chi connectivity index (χ0) is 40.7. The Labute approximate surface area is 356 Å². The Hall–Kier alpha value is -5.13. The molecule has 0 bridgehead atoms. The van der Waals surface area contributed by atoms with E-state index in [1.54, 1.807) is 18.2 Å². The highest BCUT2D eigenvalue weighted by Crippen LogP contribution is 2.52. The number of aliphatic hydroxyl groups is 1. The number of nitro groups is 2. The van der Waals surface area contributed by atoms with Crippen LogP contribution in [0.3, 0.4) is 0 Å². The van der Waals surface area contributed by atoms with Gasteiger partial charge in [0.1, 0.15) is 25.1 Å². The molecule has 0 aliphatic carbocycles. The number of nitro benzene ring substituents is 2. The van der Waals surface area contributed by atoms with Crippen LogP contribution in [0.1, 0.15) is 29.9 Å². The Morgan fingerprint density at radius 3 is 2.03 bits per heavy atom. The molecule has 2 fully saturated rings. The van der Waals surface area contributed by atoms with Crippen LogP contribution in [0.4, 0.5) is 16.2 Å². The zero-order valence-corrected chi connectivity index (χ0v) is 35.2. The monoisotopic (exact) mass is 947 g/mol. The summed E-state index contributed by atoms with van der Waals surface area (Å²) in [5, 5.41) is 33.2. The van der Waals surface area contributed by atoms with Crippen LogP contribution < -0.4 is 28.5 Å². The van der Waals surface area contributed by atoms with E-state index < -0.39 is 40.0 Å². The van der Waals surface area contributed by atoms with Crippen LogP contribution >= 0.6 is 23.1 Å². The molecule has 3 amide bonds. The van der Waals surface area contributed by atoms with E-state index in [9.17, 15) is 44.5 Å². The fourth-order valence-electron chi connectivity index (χ4n) is 7.52. The maximum atomic E-state index is 13.8. The van der Waals surface area contributed by atoms with Crippen molar-refractivity contribution < 1.29 is 72.1 Å². The van der Waals surface area contributed by atoms with Crippen molar-refractivity contribution in [2.24, 2.45) is 11.8 Å². The van der Waals surface area contributed by atoms with Gasteiger partial charge in [0.25, 0.3) is 23.6 Å². The first-order valence-electron chi connectivity index (χ1n) is 17.9. The lowest BCUT2D eigenvalue weighted by Crippen LogP contribution is -3.00. The summed E-state index contributed by atoms with van der Waals surface area (Å²) in [6.07, 6.45) is 4.09. The van der Waals surface area contributed by atoms with Gasteiger partial charge in [-0.15, -0.1) is 0 Å². The SMILES string of the molecule is CSc1c2sc(C3=C(C(=O)OCc4ccc([N+](=O)[O-])cc4)N4C(=O)[C@H]([C@@H](C)O)[C@H]4[C@H]3C)cn2c[n+]1CC(=O)N1CCN(C(=O)OCc2ccc([N+](=O)[O-])cc2)CC1.[I-]. The number of carbonyl (C=O) groups is 4. The number of amides is 3. The van der Waals surface area contributed by atoms with Gasteiger partial charge in [0.15, 0.2) is 6.54 Å². The summed E-state index contributed by atoms with van der Waals surface area (Å²) >= 11 is 2.85. The van der Waals surface area contributed by atoms with Crippen molar-refractivity contribution >= 4 is 68.8 Å². The number of rotatable bonds is 12. The number of esters is 1. The number of benzene rings is 2. The number of carbonyl (C=O) groups excluding carboxylic acids is 4. The fraction of sp³-hybridized carbons (Fsp3) is 0.378. The molecule has 3 aliphatic rings. The maximum Gasteiger partial charge on any atom is 0.410 e. The molecule has 58 heavy (non-hydrogen) atoms. The maximum absolute atomic E-state index is 13.8. The van der Waals surface area contributed by atoms with E-state index >= 15 is 0 Å². The number of fused-ring (bicyclic) bond motifs is 2. The summed E-state index contributed by atoms with van der Waals surface area (Å²) in [5.74, 6) is -2.24. The zero-order valence-electron chi connectivity index (χ0n) is 31.4. The summed E-state index contributed by atoms with van der Waals surface area (Å²) in [6.45, 7) is 4.48. The average molecular weight is 948 g/mol. The number of aromatic nitrogens is 2. The average Bonchev–Trinajstić information content (AvgIpc) is 3.82. The largest absolute Gasteiger partial charge is 1.00 e. The number of β-lactam (4-membered cyclic amide) rings is 1. The lowest BCUT2D eigenvalue weighted by Gasteiger charge is -2.46. The molecule has 0 spiro atoms. The van der Waals surface area contributed by atoms with Crippen LogP contribution in [-0.4, -0.2) is 103 Å². The number of ether oxygens (including phenoxy) is 2. The highest BCUT2D eigenvalue weighted by Gasteiger charge is 2.60. The van der Waals surface area contributed by atoms with Gasteiger partial charge in [0.05, 0.1) is 32.8 Å². The molecule has 0 saturated carbocycles. The summed E-state index contributed by atoms with van der Waals surface area (Å²) in [5.41, 5.74) is 1.70. The quantitative estimate of drug-likeness (QED) is 0.0394. The molecule has 21 heteroatoms. The molecule has 4 atom stereocenters. The summed E-state index contributed by atoms with van der Waals surface area (Å²) in [4.78, 5) is 80.4. The first kappa shape index (κ1) is 42.5. The van der Waals surface area contributed by atoms with Crippen molar-refractivity contribution in [3.63, 3.8) is 0 Å². The van der Waals surface area contributed by atoms with Gasteiger partial charge >= 0.3 is 12.1 Å². The molecule has 4 aromatic rings. The second-order valence-corrected chi connectivity index (χ2v) is 15.7. The first-order valence-corrected chi connectivity index (χ1v) is 20.0. The molecule has 5 heterocycles. The molecule has 2 saturated heterocycles. The van der Waals surface area contributed by atoms with E-state index in [1.165, 1.54) is 81.4 Å². The predicted molar refractivity (Wildman–Crippen MR) is 203 cm³/mol. The minimum atomic E-state index is -0.928. The molecular weight excluding hydrogens is 909 g/mol. The van der Waals surface area contributed by atoms with Crippen molar-refractivity contribution in [1.82, 2.24) is 19.1 Å². The number of hydrogen-bond acceptors (Lipinski definition) is 13. The van der Waals surface area contributed by atoms with Gasteiger partial charge in [0.2, 0.25) is 15.8 Å². The van der Waals surface area contributed by atoms with Gasteiger partial charge in [-0.2, -0.15) is 4.40 Å². The highest BCUT2D eigenvalue weighted by atomic mass is 127. The molecule has 0 unspecified atom stereocenters. The number of imidazole rings is 1. The molecule has 18 nitrogen and oxygen atoms in total. The van der Waals surface area contributed by atoms with Crippen LogP contribution in [0.25, 0.3) is 10.4 Å². The standard InChI is InChI=1S/C37H38N7O11S2.HI/c1-21-29(32(42-31(21)30(22(2)45)33(42)47)36(48)54-18-23-4-8-25(9-5-23)43(50)51)27-16-40-20-41(34(56-3)35(40)57-27)17-28(46)38-12-14-39(15-13-38)37(49)55-19-24-6-10-26(11-7-24)44(52)53;/h4-11,16,20-22,30-31,45H,12-15,17-19H2,1-3H3;1H/q+1;/p-1/t21-,22+,30+,31+;/m0./s1. The number of hydrogen-bond donors (Lipinski definition) is 1. The third-order valence-electron chi connectivity index (χ3n) is 10.5. The van der Waals surface area contributed by atoms with Gasteiger partial charge in [-0.05, 0) is 48.6 Å². The minimum Gasteiger partial charge on any atom is -1.00 e. The van der Waals surface area contributed by atoms with E-state index in [1.807, 2.05) is 28.3 Å². The highest BCUT2D eigenvalue weighted by molar-refractivity contribution is 7.98. The van der Waals surface area contributed by atoms with E-state index in [0.717, 1.165) is 14.7 Å². The second kappa shape index (κ2) is 17.4. The van der Waals surface area contributed by atoms with Crippen LogP contribution in [0.15, 0.2) is 71.8 Å². The van der Waals surface area contributed by atoms with Crippen LogP contribution in [0.5, 0.6) is 0 Å². The Bertz CT molecular complexity index is 2300. The van der Waals surface area contributed by atoms with Crippen molar-refractivity contribution in [3.8, 4) is 0 Å². The molecule has 0 radical (unpaired) electrons. The van der Waals surface area contributed by atoms with E-state index in [2.05, 4.69) is 0 Å². The Kier molecular flexibility index (Phi) is 12.7. The number of nitrogens with zero attached hydrogens (tertiary/aromatic N) is 7. The lowest BCUT2D eigenvalue weighted by molar-refractivity contribution is -0.718. The Balaban J connectivity index is 0.00000567. The molecule has 3 aliphatic heterocycles. The molecular formula is C37H38IN7O11S2. The molecule has 2 aromatic carbocycles. The van der Waals surface area contributed by atoms with Crippen LogP contribution in [0.2, 0.25) is 0 Å². The fourth-order valence-corrected chi connectivity index (χ4v) is 9.70. The number of thiazole rings is 1. The van der Waals surface area contributed by atoms with E-state index in [-0.39, 0.29) is 91.6 Å². The third kappa shape index (κ3) is 8.11. The number of thioether (sulfide) groups is 1. The smallest absolute Gasteiger partial charge is 0.410 e. The normalized spacial score (nSPS) is 19.3. The number of piperazine rings is 1. The van der Waals surface area contributed by atoms with Gasteiger partial charge in [0, 0.05) is 61.9 Å². The number of aliphatic hydroxyl groups excluding tert-OH is 1. The van der Waals surface area contributed by atoms with E-state index in [4.69, 9.17) is 9.47 Å². The number of halogens is 1. The van der Waals surface area contributed by atoms with E-state index in [0.29, 0.717) is 29.8 Å². The topological polar surface area (TPSA) is 211 Å². The molecule has 306 valence electrons. The summed E-state index contributed by atoms with van der Waals surface area (Å²) in [6, 6.07) is 10.9. The molecule has 1 N–H and O–H groups in total. The third-order valence-corrected chi connectivity index (χ3v) is 12.5. The van der Waals surface area contributed by atoms with Gasteiger partial charge in [-0.1, -0.05) is 30.0 Å². The lowest BCUT2D eigenvalue weighted by atomic mass is 9.77. The van der Waals surface area contributed by atoms with Crippen molar-refractivity contribution in [2.45, 2.75) is 50.8 Å². The van der Waals surface area contributed by atoms with Crippen molar-refractivity contribution in [1.29, 1.82) is 0 Å². The second-order valence-electron chi connectivity index (χ2n) is 13.9. The summed E-state index contributed by atoms with van der Waals surface area (Å²) in [7, 11) is 0. The van der Waals surface area contributed by atoms with Gasteiger partial charge in [-0.3, -0.25) is 29.8 Å². The minimum absolute atomic E-state index is 0. The predicted octanol–water partition coefficient (Wildman–Crippen LogP) is 0.624. The molecule has 2 aromatic heterocycles. The van der Waals surface area contributed by atoms with Crippen LogP contribution in [-0.2, 0) is 43.6 Å². The summed E-state index contributed by atoms with van der Waals surface area (Å²) < 4.78 is 14.8. The van der Waals surface area contributed by atoms with Crippen molar-refractivity contribution in [2.75, 3.05) is 32.4 Å². The number of non-ortho nitro benzene ring substituents is 2. The van der Waals surface area contributed by atoms with Gasteiger partial charge < -0.3 is 53.3 Å². The Morgan fingerprint density at radius 2 is 1.50 bits per heavy atom. The Morgan fingerprint density at radius 1 is 0.948 bits per heavy atom.